The van der Waals surface area contributed by atoms with E-state index in [1.807, 2.05) is 0 Å². The predicted octanol–water partition coefficient (Wildman–Crippen LogP) is 5.04. The lowest BCUT2D eigenvalue weighted by molar-refractivity contribution is 0.497. The van der Waals surface area contributed by atoms with Crippen molar-refractivity contribution >= 4 is 11.3 Å². The molecule has 1 unspecified atom stereocenters. The predicted molar refractivity (Wildman–Crippen MR) is 89.6 cm³/mol. The minimum absolute atomic E-state index is 0.467. The third-order valence-corrected chi connectivity index (χ3v) is 4.48. The number of aryl methyl sites for hydroxylation is 3. The lowest BCUT2D eigenvalue weighted by Crippen LogP contribution is -2.23. The zero-order valence-electron chi connectivity index (χ0n) is 12.8. The largest absolute Gasteiger partial charge is 0.310 e. The van der Waals surface area contributed by atoms with Crippen molar-refractivity contribution < 1.29 is 0 Å². The lowest BCUT2D eigenvalue weighted by atomic mass is 9.94. The summed E-state index contributed by atoms with van der Waals surface area (Å²) in [5, 5.41) is 8.15. The molecular weight excluding hydrogens is 262 g/mol. The fraction of sp³-hybridized carbons (Fsp3) is 0.444. The van der Waals surface area contributed by atoms with Gasteiger partial charge in [-0.3, -0.25) is 0 Å². The fourth-order valence-electron chi connectivity index (χ4n) is 2.57. The van der Waals surface area contributed by atoms with E-state index in [4.69, 9.17) is 0 Å². The molecule has 1 nitrogen and oxygen atoms in total. The molecular formula is C18H25NS. The highest BCUT2D eigenvalue weighted by Gasteiger charge is 2.13. The summed E-state index contributed by atoms with van der Waals surface area (Å²) >= 11 is 1.79. The van der Waals surface area contributed by atoms with Crippen molar-refractivity contribution in [1.29, 1.82) is 0 Å². The van der Waals surface area contributed by atoms with Gasteiger partial charge < -0.3 is 5.32 Å². The average Bonchev–Trinajstić information content (AvgIpc) is 2.95. The molecule has 0 aliphatic heterocycles. The summed E-state index contributed by atoms with van der Waals surface area (Å²) in [5.41, 5.74) is 5.68. The molecule has 1 aromatic heterocycles. The Morgan fingerprint density at radius 1 is 1.20 bits per heavy atom. The molecule has 1 atom stereocenters. The first-order valence-corrected chi connectivity index (χ1v) is 8.46. The molecule has 2 heteroatoms. The molecule has 0 aliphatic rings. The molecule has 108 valence electrons. The van der Waals surface area contributed by atoms with Crippen molar-refractivity contribution in [2.75, 3.05) is 6.54 Å². The standard InChI is InChI=1S/C18H25NS/c1-4-10-19-18(8-7-16-9-11-20-13-16)17-12-14(2)5-6-15(17)3/h5-6,9,11-13,18-19H,4,7-8,10H2,1-3H3. The Morgan fingerprint density at radius 3 is 2.75 bits per heavy atom. The number of hydrogen-bond acceptors (Lipinski definition) is 2. The van der Waals surface area contributed by atoms with E-state index in [1.54, 1.807) is 11.3 Å². The van der Waals surface area contributed by atoms with Crippen LogP contribution in [0.25, 0.3) is 0 Å². The molecule has 1 aromatic carbocycles. The third-order valence-electron chi connectivity index (χ3n) is 3.75. The first-order chi connectivity index (χ1) is 9.70. The molecule has 2 aromatic rings. The second-order valence-corrected chi connectivity index (χ2v) is 6.32. The van der Waals surface area contributed by atoms with Crippen LogP contribution in [0.5, 0.6) is 0 Å². The van der Waals surface area contributed by atoms with Crippen molar-refractivity contribution in [3.8, 4) is 0 Å². The van der Waals surface area contributed by atoms with Gasteiger partial charge >= 0.3 is 0 Å². The second kappa shape index (κ2) is 7.61. The summed E-state index contributed by atoms with van der Waals surface area (Å²) in [5.74, 6) is 0. The first kappa shape index (κ1) is 15.3. The Bertz CT molecular complexity index is 516. The van der Waals surface area contributed by atoms with Gasteiger partial charge in [0.25, 0.3) is 0 Å². The Labute approximate surface area is 127 Å². The van der Waals surface area contributed by atoms with Crippen LogP contribution in [0, 0.1) is 13.8 Å². The summed E-state index contributed by atoms with van der Waals surface area (Å²) < 4.78 is 0. The molecule has 0 radical (unpaired) electrons. The van der Waals surface area contributed by atoms with Gasteiger partial charge in [-0.05, 0) is 73.2 Å². The number of hydrogen-bond donors (Lipinski definition) is 1. The molecule has 2 rings (SSSR count). The molecule has 1 heterocycles. The quantitative estimate of drug-likeness (QED) is 0.752. The Balaban J connectivity index is 2.11. The molecule has 1 N–H and O–H groups in total. The maximum atomic E-state index is 3.72. The summed E-state index contributed by atoms with van der Waals surface area (Å²) in [6, 6.07) is 9.50. The van der Waals surface area contributed by atoms with Gasteiger partial charge in [0, 0.05) is 6.04 Å². The normalized spacial score (nSPS) is 12.6. The SMILES string of the molecule is CCCNC(CCc1ccsc1)c1cc(C)ccc1C. The van der Waals surface area contributed by atoms with Crippen molar-refractivity contribution in [1.82, 2.24) is 5.32 Å². The third kappa shape index (κ3) is 4.19. The Morgan fingerprint density at radius 2 is 2.05 bits per heavy atom. The van der Waals surface area contributed by atoms with E-state index in [1.165, 1.54) is 35.1 Å². The van der Waals surface area contributed by atoms with Gasteiger partial charge in [-0.1, -0.05) is 30.7 Å². The maximum Gasteiger partial charge on any atom is 0.0326 e. The van der Waals surface area contributed by atoms with Gasteiger partial charge in [0.05, 0.1) is 0 Å². The van der Waals surface area contributed by atoms with Crippen molar-refractivity contribution in [3.05, 3.63) is 57.3 Å². The van der Waals surface area contributed by atoms with Crippen LogP contribution in [0.15, 0.2) is 35.0 Å². The van der Waals surface area contributed by atoms with Crippen LogP contribution in [0.4, 0.5) is 0 Å². The van der Waals surface area contributed by atoms with Crippen molar-refractivity contribution in [3.63, 3.8) is 0 Å². The summed E-state index contributed by atoms with van der Waals surface area (Å²) in [6.07, 6.45) is 3.50. The van der Waals surface area contributed by atoms with E-state index >= 15 is 0 Å². The maximum absolute atomic E-state index is 3.72. The average molecular weight is 287 g/mol. The lowest BCUT2D eigenvalue weighted by Gasteiger charge is -2.21. The van der Waals surface area contributed by atoms with E-state index in [0.717, 1.165) is 13.0 Å². The minimum atomic E-state index is 0.467. The zero-order chi connectivity index (χ0) is 14.4. The van der Waals surface area contributed by atoms with Crippen molar-refractivity contribution in [2.24, 2.45) is 0 Å². The molecule has 0 fully saturated rings. The molecule has 0 saturated carbocycles. The van der Waals surface area contributed by atoms with Gasteiger partial charge in [0.2, 0.25) is 0 Å². The van der Waals surface area contributed by atoms with Gasteiger partial charge in [0.1, 0.15) is 0 Å². The van der Waals surface area contributed by atoms with Crippen molar-refractivity contribution in [2.45, 2.75) is 46.1 Å². The van der Waals surface area contributed by atoms with Crippen LogP contribution in [0.1, 0.15) is 48.1 Å². The van der Waals surface area contributed by atoms with Crippen LogP contribution < -0.4 is 5.32 Å². The van der Waals surface area contributed by atoms with E-state index in [9.17, 15) is 0 Å². The first-order valence-electron chi connectivity index (χ1n) is 7.52. The molecule has 0 spiro atoms. The monoisotopic (exact) mass is 287 g/mol. The highest BCUT2D eigenvalue weighted by Crippen LogP contribution is 2.24. The number of nitrogens with one attached hydrogen (secondary N) is 1. The highest BCUT2D eigenvalue weighted by atomic mass is 32.1. The molecule has 0 saturated heterocycles. The topological polar surface area (TPSA) is 12.0 Å². The van der Waals surface area contributed by atoms with Crippen LogP contribution in [0.2, 0.25) is 0 Å². The van der Waals surface area contributed by atoms with Gasteiger partial charge in [-0.25, -0.2) is 0 Å². The van der Waals surface area contributed by atoms with Gasteiger partial charge in [0.15, 0.2) is 0 Å². The van der Waals surface area contributed by atoms with Crippen LogP contribution in [0.3, 0.4) is 0 Å². The van der Waals surface area contributed by atoms with E-state index in [2.05, 4.69) is 61.1 Å². The summed E-state index contributed by atoms with van der Waals surface area (Å²) in [7, 11) is 0. The molecule has 0 bridgehead atoms. The van der Waals surface area contributed by atoms with E-state index in [0.29, 0.717) is 6.04 Å². The zero-order valence-corrected chi connectivity index (χ0v) is 13.6. The minimum Gasteiger partial charge on any atom is -0.310 e. The summed E-state index contributed by atoms with van der Waals surface area (Å²) in [6.45, 7) is 7.71. The van der Waals surface area contributed by atoms with Gasteiger partial charge in [-0.2, -0.15) is 11.3 Å². The fourth-order valence-corrected chi connectivity index (χ4v) is 3.27. The summed E-state index contributed by atoms with van der Waals surface area (Å²) in [4.78, 5) is 0. The number of rotatable bonds is 7. The second-order valence-electron chi connectivity index (χ2n) is 5.54. The van der Waals surface area contributed by atoms with E-state index in [-0.39, 0.29) is 0 Å². The molecule has 20 heavy (non-hydrogen) atoms. The van der Waals surface area contributed by atoms with Crippen LogP contribution in [-0.2, 0) is 6.42 Å². The molecule has 0 aliphatic carbocycles. The Kier molecular flexibility index (Phi) is 5.81. The van der Waals surface area contributed by atoms with Crippen LogP contribution in [-0.4, -0.2) is 6.54 Å². The number of benzene rings is 1. The van der Waals surface area contributed by atoms with Gasteiger partial charge in [-0.15, -0.1) is 0 Å². The smallest absolute Gasteiger partial charge is 0.0326 e. The Hall–Kier alpha value is -1.12. The number of thiophene rings is 1. The highest BCUT2D eigenvalue weighted by molar-refractivity contribution is 7.07. The van der Waals surface area contributed by atoms with Crippen LogP contribution >= 0.6 is 11.3 Å². The van der Waals surface area contributed by atoms with E-state index < -0.39 is 0 Å². The molecule has 0 amide bonds.